The van der Waals surface area contributed by atoms with Gasteiger partial charge in [-0.1, -0.05) is 20.3 Å². The van der Waals surface area contributed by atoms with Crippen LogP contribution in [0.4, 0.5) is 8.78 Å². The summed E-state index contributed by atoms with van der Waals surface area (Å²) in [6.07, 6.45) is 2.10. The number of carbonyl (C=O) groups is 1. The second-order valence-electron chi connectivity index (χ2n) is 5.85. The van der Waals surface area contributed by atoms with Crippen molar-refractivity contribution < 1.29 is 23.0 Å². The van der Waals surface area contributed by atoms with Crippen molar-refractivity contribution >= 4 is 5.91 Å². The van der Waals surface area contributed by atoms with Crippen LogP contribution >= 0.6 is 0 Å². The summed E-state index contributed by atoms with van der Waals surface area (Å²) in [6.45, 7) is 3.09. The average Bonchev–Trinajstić information content (AvgIpc) is 2.51. The molecule has 1 rings (SSSR count). The average molecular weight is 344 g/mol. The Labute approximate surface area is 141 Å². The van der Waals surface area contributed by atoms with Gasteiger partial charge in [-0.2, -0.15) is 8.78 Å². The Hall–Kier alpha value is -1.89. The van der Waals surface area contributed by atoms with E-state index in [4.69, 9.17) is 10.5 Å². The first-order valence-corrected chi connectivity index (χ1v) is 8.07. The fourth-order valence-electron chi connectivity index (χ4n) is 2.21. The number of ether oxygens (including phenoxy) is 2. The van der Waals surface area contributed by atoms with Gasteiger partial charge in [-0.25, -0.2) is 0 Å². The van der Waals surface area contributed by atoms with E-state index in [1.807, 2.05) is 13.8 Å². The summed E-state index contributed by atoms with van der Waals surface area (Å²) in [5.74, 6) is 0.0870. The molecule has 1 aromatic carbocycles. The van der Waals surface area contributed by atoms with Gasteiger partial charge < -0.3 is 20.5 Å². The van der Waals surface area contributed by atoms with Gasteiger partial charge in [0.2, 0.25) is 5.91 Å². The molecule has 24 heavy (non-hydrogen) atoms. The monoisotopic (exact) mass is 344 g/mol. The summed E-state index contributed by atoms with van der Waals surface area (Å²) < 4.78 is 35.2. The first-order valence-electron chi connectivity index (χ1n) is 8.07. The zero-order valence-electron chi connectivity index (χ0n) is 14.4. The molecule has 1 aromatic rings. The molecule has 0 aliphatic rings. The highest BCUT2D eigenvalue weighted by Gasteiger charge is 2.27. The van der Waals surface area contributed by atoms with E-state index in [9.17, 15) is 13.6 Å². The van der Waals surface area contributed by atoms with Gasteiger partial charge in [-0.05, 0) is 31.9 Å². The number of nitrogens with two attached hydrogens (primary N) is 1. The van der Waals surface area contributed by atoms with E-state index in [2.05, 4.69) is 10.1 Å². The van der Waals surface area contributed by atoms with E-state index >= 15 is 0 Å². The highest BCUT2D eigenvalue weighted by Crippen LogP contribution is 2.27. The lowest BCUT2D eigenvalue weighted by Gasteiger charge is -2.23. The highest BCUT2D eigenvalue weighted by molar-refractivity contribution is 5.85. The van der Waals surface area contributed by atoms with Crippen molar-refractivity contribution in [3.05, 3.63) is 23.8 Å². The van der Waals surface area contributed by atoms with Crippen LogP contribution in [-0.4, -0.2) is 24.7 Å². The van der Waals surface area contributed by atoms with E-state index in [0.717, 1.165) is 12.8 Å². The van der Waals surface area contributed by atoms with Crippen molar-refractivity contribution in [3.8, 4) is 11.5 Å². The lowest BCUT2D eigenvalue weighted by molar-refractivity contribution is -0.126. The fraction of sp³-hybridized carbons (Fsp3) is 0.588. The Morgan fingerprint density at radius 1 is 1.33 bits per heavy atom. The number of carbonyl (C=O) groups excluding carboxylic acids is 1. The second-order valence-corrected chi connectivity index (χ2v) is 5.85. The van der Waals surface area contributed by atoms with Crippen molar-refractivity contribution in [2.45, 2.75) is 58.7 Å². The van der Waals surface area contributed by atoms with Crippen molar-refractivity contribution in [3.63, 3.8) is 0 Å². The standard InChI is InChI=1S/C17H26F2N2O3/c1-4-8-17(3,20)15(22)21-11-12-6-7-13(23-9-5-2)10-14(12)24-16(18)19/h6-7,10,16H,4-5,8-9,11,20H2,1-3H3,(H,21,22). The minimum atomic E-state index is -2.96. The number of alkyl halides is 2. The van der Waals surface area contributed by atoms with E-state index in [1.54, 1.807) is 19.1 Å². The topological polar surface area (TPSA) is 73.6 Å². The Morgan fingerprint density at radius 2 is 2.04 bits per heavy atom. The first-order chi connectivity index (χ1) is 11.3. The molecule has 5 nitrogen and oxygen atoms in total. The summed E-state index contributed by atoms with van der Waals surface area (Å²) in [4.78, 5) is 12.1. The van der Waals surface area contributed by atoms with Crippen LogP contribution in [-0.2, 0) is 11.3 Å². The molecule has 136 valence electrons. The number of hydrogen-bond donors (Lipinski definition) is 2. The molecule has 3 N–H and O–H groups in total. The quantitative estimate of drug-likeness (QED) is 0.683. The maximum absolute atomic E-state index is 12.6. The zero-order chi connectivity index (χ0) is 18.2. The third kappa shape index (κ3) is 6.31. The molecule has 0 heterocycles. The van der Waals surface area contributed by atoms with E-state index in [1.165, 1.54) is 6.07 Å². The number of hydrogen-bond acceptors (Lipinski definition) is 4. The Kier molecular flexibility index (Phi) is 7.91. The molecular formula is C17H26F2N2O3. The smallest absolute Gasteiger partial charge is 0.387 e. The van der Waals surface area contributed by atoms with Gasteiger partial charge in [0.15, 0.2) is 0 Å². The van der Waals surface area contributed by atoms with Gasteiger partial charge in [0, 0.05) is 18.2 Å². The normalized spacial score (nSPS) is 13.5. The lowest BCUT2D eigenvalue weighted by atomic mass is 9.96. The minimum Gasteiger partial charge on any atom is -0.493 e. The van der Waals surface area contributed by atoms with E-state index < -0.39 is 12.2 Å². The predicted molar refractivity (Wildman–Crippen MR) is 88.2 cm³/mol. The van der Waals surface area contributed by atoms with Crippen molar-refractivity contribution in [1.82, 2.24) is 5.32 Å². The van der Waals surface area contributed by atoms with Crippen LogP contribution in [0, 0.1) is 0 Å². The number of rotatable bonds is 10. The summed E-state index contributed by atoms with van der Waals surface area (Å²) >= 11 is 0. The summed E-state index contributed by atoms with van der Waals surface area (Å²) in [5.41, 5.74) is 5.38. The lowest BCUT2D eigenvalue weighted by Crippen LogP contribution is -2.51. The Bertz CT molecular complexity index is 537. The van der Waals surface area contributed by atoms with Crippen LogP contribution < -0.4 is 20.5 Å². The number of amides is 1. The molecule has 0 saturated carbocycles. The molecule has 0 saturated heterocycles. The molecule has 0 spiro atoms. The molecule has 0 fully saturated rings. The molecule has 1 atom stereocenters. The van der Waals surface area contributed by atoms with Crippen LogP contribution in [0.2, 0.25) is 0 Å². The Morgan fingerprint density at radius 3 is 2.62 bits per heavy atom. The van der Waals surface area contributed by atoms with Gasteiger partial charge in [-0.3, -0.25) is 4.79 Å². The van der Waals surface area contributed by atoms with Crippen molar-refractivity contribution in [1.29, 1.82) is 0 Å². The molecule has 0 aliphatic carbocycles. The van der Waals surface area contributed by atoms with Gasteiger partial charge >= 0.3 is 6.61 Å². The van der Waals surface area contributed by atoms with E-state index in [-0.39, 0.29) is 18.2 Å². The molecule has 0 radical (unpaired) electrons. The molecule has 7 heteroatoms. The van der Waals surface area contributed by atoms with Crippen LogP contribution in [0.5, 0.6) is 11.5 Å². The van der Waals surface area contributed by atoms with Gasteiger partial charge in [-0.15, -0.1) is 0 Å². The zero-order valence-corrected chi connectivity index (χ0v) is 14.4. The third-order valence-corrected chi connectivity index (χ3v) is 3.45. The molecule has 1 unspecified atom stereocenters. The van der Waals surface area contributed by atoms with Crippen LogP contribution in [0.15, 0.2) is 18.2 Å². The SMILES string of the molecule is CCCOc1ccc(CNC(=O)C(C)(N)CCC)c(OC(F)F)c1. The Balaban J connectivity index is 2.83. The maximum atomic E-state index is 12.6. The highest BCUT2D eigenvalue weighted by atomic mass is 19.3. The molecule has 0 bridgehead atoms. The van der Waals surface area contributed by atoms with Crippen LogP contribution in [0.25, 0.3) is 0 Å². The number of nitrogens with one attached hydrogen (secondary N) is 1. The largest absolute Gasteiger partial charge is 0.493 e. The van der Waals surface area contributed by atoms with Crippen molar-refractivity contribution in [2.75, 3.05) is 6.61 Å². The number of benzene rings is 1. The maximum Gasteiger partial charge on any atom is 0.387 e. The van der Waals surface area contributed by atoms with E-state index in [0.29, 0.717) is 24.3 Å². The van der Waals surface area contributed by atoms with Gasteiger partial charge in [0.1, 0.15) is 11.5 Å². The first kappa shape index (κ1) is 20.2. The van der Waals surface area contributed by atoms with Gasteiger partial charge in [0.25, 0.3) is 0 Å². The van der Waals surface area contributed by atoms with Crippen LogP contribution in [0.1, 0.15) is 45.6 Å². The summed E-state index contributed by atoms with van der Waals surface area (Å²) in [7, 11) is 0. The number of halogens is 2. The molecule has 0 aliphatic heterocycles. The molecule has 0 aromatic heterocycles. The minimum absolute atomic E-state index is 0.0203. The molecular weight excluding hydrogens is 318 g/mol. The fourth-order valence-corrected chi connectivity index (χ4v) is 2.21. The second kappa shape index (κ2) is 9.42. The summed E-state index contributed by atoms with van der Waals surface area (Å²) in [6, 6.07) is 4.65. The van der Waals surface area contributed by atoms with Gasteiger partial charge in [0.05, 0.1) is 12.1 Å². The molecule has 1 amide bonds. The predicted octanol–water partition coefficient (Wildman–Crippen LogP) is 3.21. The van der Waals surface area contributed by atoms with Crippen LogP contribution in [0.3, 0.4) is 0 Å². The summed E-state index contributed by atoms with van der Waals surface area (Å²) in [5, 5.41) is 2.67. The third-order valence-electron chi connectivity index (χ3n) is 3.45. The van der Waals surface area contributed by atoms with Crippen molar-refractivity contribution in [2.24, 2.45) is 5.73 Å².